The molecule has 1 saturated carbocycles. The zero-order valence-electron chi connectivity index (χ0n) is 10.1. The van der Waals surface area contributed by atoms with Gasteiger partial charge in [0.25, 0.3) is 0 Å². The van der Waals surface area contributed by atoms with Crippen LogP contribution in [0.4, 0.5) is 10.7 Å². The Labute approximate surface area is 109 Å². The van der Waals surface area contributed by atoms with Crippen LogP contribution < -0.4 is 4.90 Å². The third-order valence-corrected chi connectivity index (χ3v) is 4.24. The van der Waals surface area contributed by atoms with Crippen LogP contribution in [-0.4, -0.2) is 34.3 Å². The lowest BCUT2D eigenvalue weighted by Crippen LogP contribution is -2.28. The molecule has 0 saturated heterocycles. The Kier molecular flexibility index (Phi) is 3.84. The fraction of sp³-hybridized carbons (Fsp3) is 0.636. The van der Waals surface area contributed by atoms with Crippen molar-refractivity contribution in [1.29, 1.82) is 0 Å². The fourth-order valence-corrected chi connectivity index (χ4v) is 3.04. The van der Waals surface area contributed by atoms with Crippen LogP contribution in [0.1, 0.15) is 30.7 Å². The number of hydrogen-bond acceptors (Lipinski definition) is 6. The standard InChI is InChI=1S/C11H16N2O4S/c1-7(15)10-6-9(13(16)17)11(18-10)12(4-5-14)8-2-3-8/h6-8,14-15H,2-5H2,1H3/t7-/m1/s1. The molecular weight excluding hydrogens is 256 g/mol. The molecule has 18 heavy (non-hydrogen) atoms. The van der Waals surface area contributed by atoms with Crippen LogP contribution >= 0.6 is 11.3 Å². The predicted octanol–water partition coefficient (Wildman–Crippen LogP) is 1.67. The van der Waals surface area contributed by atoms with Crippen LogP contribution in [0, 0.1) is 10.1 Å². The maximum atomic E-state index is 11.1. The van der Waals surface area contributed by atoms with E-state index in [0.717, 1.165) is 12.8 Å². The zero-order valence-corrected chi connectivity index (χ0v) is 10.9. The molecule has 100 valence electrons. The Bertz CT molecular complexity index is 442. The fourth-order valence-electron chi connectivity index (χ4n) is 1.88. The third kappa shape index (κ3) is 2.63. The Morgan fingerprint density at radius 1 is 1.67 bits per heavy atom. The van der Waals surface area contributed by atoms with Crippen molar-refractivity contribution in [3.05, 3.63) is 21.1 Å². The molecule has 0 unspecified atom stereocenters. The number of aliphatic hydroxyl groups excluding tert-OH is 2. The summed E-state index contributed by atoms with van der Waals surface area (Å²) in [7, 11) is 0. The first-order valence-corrected chi connectivity index (χ1v) is 6.70. The van der Waals surface area contributed by atoms with Crippen molar-refractivity contribution in [1.82, 2.24) is 0 Å². The first kappa shape index (κ1) is 13.3. The van der Waals surface area contributed by atoms with Gasteiger partial charge >= 0.3 is 5.69 Å². The lowest BCUT2D eigenvalue weighted by Gasteiger charge is -2.20. The molecule has 0 bridgehead atoms. The van der Waals surface area contributed by atoms with Gasteiger partial charge in [-0.3, -0.25) is 10.1 Å². The van der Waals surface area contributed by atoms with Gasteiger partial charge in [0.15, 0.2) is 5.00 Å². The minimum atomic E-state index is -0.711. The second-order valence-corrected chi connectivity index (χ2v) is 5.48. The van der Waals surface area contributed by atoms with Crippen LogP contribution in [0.15, 0.2) is 6.07 Å². The van der Waals surface area contributed by atoms with Crippen molar-refractivity contribution in [3.63, 3.8) is 0 Å². The molecule has 1 aromatic rings. The third-order valence-electron chi connectivity index (χ3n) is 2.91. The molecule has 0 amide bonds. The van der Waals surface area contributed by atoms with E-state index in [-0.39, 0.29) is 18.3 Å². The molecule has 6 nitrogen and oxygen atoms in total. The lowest BCUT2D eigenvalue weighted by atomic mass is 10.3. The highest BCUT2D eigenvalue weighted by atomic mass is 32.1. The number of aliphatic hydroxyl groups is 2. The summed E-state index contributed by atoms with van der Waals surface area (Å²) in [5.41, 5.74) is 0.0243. The highest BCUT2D eigenvalue weighted by Gasteiger charge is 2.34. The number of nitrogens with zero attached hydrogens (tertiary/aromatic N) is 2. The van der Waals surface area contributed by atoms with Crippen LogP contribution in [0.2, 0.25) is 0 Å². The van der Waals surface area contributed by atoms with Crippen LogP contribution in [0.5, 0.6) is 0 Å². The molecule has 1 heterocycles. The molecule has 1 aliphatic rings. The average molecular weight is 272 g/mol. The molecule has 0 spiro atoms. The summed E-state index contributed by atoms with van der Waals surface area (Å²) in [6, 6.07) is 1.72. The molecule has 2 N–H and O–H groups in total. The topological polar surface area (TPSA) is 86.8 Å². The maximum Gasteiger partial charge on any atom is 0.304 e. The van der Waals surface area contributed by atoms with E-state index in [1.165, 1.54) is 17.4 Å². The monoisotopic (exact) mass is 272 g/mol. The van der Waals surface area contributed by atoms with Crippen molar-refractivity contribution >= 4 is 22.0 Å². The summed E-state index contributed by atoms with van der Waals surface area (Å²) in [6.45, 7) is 1.95. The summed E-state index contributed by atoms with van der Waals surface area (Å²) in [6.07, 6.45) is 1.29. The quantitative estimate of drug-likeness (QED) is 0.607. The van der Waals surface area contributed by atoms with Crippen LogP contribution in [0.25, 0.3) is 0 Å². The lowest BCUT2D eigenvalue weighted by molar-refractivity contribution is -0.383. The average Bonchev–Trinajstić information content (AvgIpc) is 3.03. The Hall–Kier alpha value is -1.18. The van der Waals surface area contributed by atoms with Gasteiger partial charge in [-0.25, -0.2) is 0 Å². The molecule has 0 radical (unpaired) electrons. The summed E-state index contributed by atoms with van der Waals surface area (Å²) in [5.74, 6) is 0. The minimum absolute atomic E-state index is 0.0243. The number of hydrogen-bond donors (Lipinski definition) is 2. The van der Waals surface area contributed by atoms with Crippen LogP contribution in [0.3, 0.4) is 0 Å². The molecule has 1 fully saturated rings. The van der Waals surface area contributed by atoms with Gasteiger partial charge in [-0.2, -0.15) is 0 Å². The van der Waals surface area contributed by atoms with Gasteiger partial charge in [0.05, 0.1) is 17.6 Å². The molecule has 0 aliphatic heterocycles. The van der Waals surface area contributed by atoms with Crippen LogP contribution in [-0.2, 0) is 0 Å². The van der Waals surface area contributed by atoms with E-state index in [1.807, 2.05) is 4.90 Å². The SMILES string of the molecule is C[C@@H](O)c1cc([N+](=O)[O-])c(N(CCO)C2CC2)s1. The normalized spacial score (nSPS) is 16.6. The second-order valence-electron chi connectivity index (χ2n) is 4.42. The van der Waals surface area contributed by atoms with Gasteiger partial charge in [-0.05, 0) is 19.8 Å². The van der Waals surface area contributed by atoms with E-state index in [0.29, 0.717) is 16.4 Å². The van der Waals surface area contributed by atoms with Crippen molar-refractivity contribution in [2.75, 3.05) is 18.1 Å². The molecular formula is C11H16N2O4S. The number of thiophene rings is 1. The summed E-state index contributed by atoms with van der Waals surface area (Å²) in [5, 5.41) is 30.2. The van der Waals surface area contributed by atoms with Crippen molar-refractivity contribution in [2.24, 2.45) is 0 Å². The molecule has 7 heteroatoms. The highest BCUT2D eigenvalue weighted by molar-refractivity contribution is 7.16. The summed E-state index contributed by atoms with van der Waals surface area (Å²) >= 11 is 1.24. The van der Waals surface area contributed by atoms with Crippen molar-refractivity contribution < 1.29 is 15.1 Å². The predicted molar refractivity (Wildman–Crippen MR) is 69.1 cm³/mol. The first-order valence-electron chi connectivity index (χ1n) is 5.88. The molecule has 0 aromatic carbocycles. The van der Waals surface area contributed by atoms with Gasteiger partial charge < -0.3 is 15.1 Å². The van der Waals surface area contributed by atoms with Gasteiger partial charge in [-0.1, -0.05) is 0 Å². The van der Waals surface area contributed by atoms with Gasteiger partial charge in [-0.15, -0.1) is 11.3 Å². The summed E-state index contributed by atoms with van der Waals surface area (Å²) < 4.78 is 0. The molecule has 1 aromatic heterocycles. The van der Waals surface area contributed by atoms with E-state index in [4.69, 9.17) is 5.11 Å². The van der Waals surface area contributed by atoms with Crippen molar-refractivity contribution in [2.45, 2.75) is 31.9 Å². The minimum Gasteiger partial charge on any atom is -0.395 e. The van der Waals surface area contributed by atoms with E-state index < -0.39 is 11.0 Å². The molecule has 2 rings (SSSR count). The Morgan fingerprint density at radius 2 is 2.33 bits per heavy atom. The zero-order chi connectivity index (χ0) is 13.3. The van der Waals surface area contributed by atoms with Crippen molar-refractivity contribution in [3.8, 4) is 0 Å². The summed E-state index contributed by atoms with van der Waals surface area (Å²) in [4.78, 5) is 13.1. The largest absolute Gasteiger partial charge is 0.395 e. The van der Waals surface area contributed by atoms with Gasteiger partial charge in [0.1, 0.15) is 0 Å². The van der Waals surface area contributed by atoms with E-state index in [1.54, 1.807) is 6.92 Å². The van der Waals surface area contributed by atoms with E-state index in [9.17, 15) is 15.2 Å². The molecule has 1 atom stereocenters. The Balaban J connectivity index is 2.36. The van der Waals surface area contributed by atoms with Gasteiger partial charge in [0.2, 0.25) is 0 Å². The van der Waals surface area contributed by atoms with Gasteiger partial charge in [0, 0.05) is 23.5 Å². The Morgan fingerprint density at radius 3 is 2.78 bits per heavy atom. The maximum absolute atomic E-state index is 11.1. The second kappa shape index (κ2) is 5.21. The first-order chi connectivity index (χ1) is 8.54. The van der Waals surface area contributed by atoms with E-state index in [2.05, 4.69) is 0 Å². The number of rotatable bonds is 6. The highest BCUT2D eigenvalue weighted by Crippen LogP contribution is 2.44. The smallest absolute Gasteiger partial charge is 0.304 e. The number of anilines is 1. The number of nitro groups is 1. The molecule has 1 aliphatic carbocycles. The van der Waals surface area contributed by atoms with E-state index >= 15 is 0 Å².